The molecule has 1 saturated heterocycles. The van der Waals surface area contributed by atoms with Crippen molar-refractivity contribution in [2.45, 2.75) is 44.2 Å². The lowest BCUT2D eigenvalue weighted by atomic mass is 10.1. The highest BCUT2D eigenvalue weighted by molar-refractivity contribution is 7.91. The van der Waals surface area contributed by atoms with Crippen LogP contribution in [0.4, 0.5) is 0 Å². The minimum Gasteiger partial charge on any atom is -0.490 e. The van der Waals surface area contributed by atoms with Crippen molar-refractivity contribution in [2.75, 3.05) is 11.5 Å². The predicted octanol–water partition coefficient (Wildman–Crippen LogP) is 1.92. The molecule has 1 aliphatic carbocycles. The number of carbonyl (C=O) groups excluding carboxylic acids is 1. The van der Waals surface area contributed by atoms with Gasteiger partial charge in [-0.3, -0.25) is 4.79 Å². The lowest BCUT2D eigenvalue weighted by Crippen LogP contribution is -2.35. The summed E-state index contributed by atoms with van der Waals surface area (Å²) in [7, 11) is -2.98. The van der Waals surface area contributed by atoms with E-state index >= 15 is 0 Å². The number of carbonyl (C=O) groups is 1. The van der Waals surface area contributed by atoms with Gasteiger partial charge >= 0.3 is 0 Å². The topological polar surface area (TPSA) is 72.5 Å². The van der Waals surface area contributed by atoms with E-state index in [0.717, 1.165) is 18.6 Å². The Kier molecular flexibility index (Phi) is 4.38. The first-order valence-electron chi connectivity index (χ1n) is 7.80. The molecule has 2 fully saturated rings. The highest BCUT2D eigenvalue weighted by Crippen LogP contribution is 2.24. The molecule has 1 saturated carbocycles. The second kappa shape index (κ2) is 6.28. The van der Waals surface area contributed by atoms with Gasteiger partial charge in [0.25, 0.3) is 5.91 Å². The third-order valence-electron chi connectivity index (χ3n) is 4.29. The summed E-state index contributed by atoms with van der Waals surface area (Å²) < 4.78 is 28.7. The zero-order chi connectivity index (χ0) is 15.6. The van der Waals surface area contributed by atoms with Gasteiger partial charge in [0.1, 0.15) is 5.75 Å². The first-order valence-corrected chi connectivity index (χ1v) is 9.62. The van der Waals surface area contributed by atoms with E-state index < -0.39 is 9.84 Å². The maximum absolute atomic E-state index is 12.1. The van der Waals surface area contributed by atoms with E-state index in [2.05, 4.69) is 5.32 Å². The first kappa shape index (κ1) is 15.3. The number of hydrogen-bond acceptors (Lipinski definition) is 4. The average molecular weight is 323 g/mol. The predicted molar refractivity (Wildman–Crippen MR) is 83.9 cm³/mol. The van der Waals surface area contributed by atoms with Crippen molar-refractivity contribution in [3.05, 3.63) is 29.8 Å². The van der Waals surface area contributed by atoms with Crippen molar-refractivity contribution >= 4 is 15.7 Å². The molecule has 22 heavy (non-hydrogen) atoms. The van der Waals surface area contributed by atoms with Crippen LogP contribution in [0, 0.1) is 0 Å². The lowest BCUT2D eigenvalue weighted by Gasteiger charge is -2.14. The number of ether oxygens (including phenoxy) is 1. The molecule has 0 bridgehead atoms. The molecule has 5 nitrogen and oxygen atoms in total. The standard InChI is InChI=1S/C16H21NO4S/c18-16(17-13-9-10-22(19,20)11-13)12-5-7-15(8-6-12)21-14-3-1-2-4-14/h5-8,13-14H,1-4,9-11H2,(H,17,18). The SMILES string of the molecule is O=C(NC1CCS(=O)(=O)C1)c1ccc(OC2CCCC2)cc1. The Morgan fingerprint density at radius 1 is 1.09 bits per heavy atom. The molecular weight excluding hydrogens is 302 g/mol. The Bertz CT molecular complexity index is 633. The fraction of sp³-hybridized carbons (Fsp3) is 0.562. The minimum absolute atomic E-state index is 0.0433. The summed E-state index contributed by atoms with van der Waals surface area (Å²) in [5.41, 5.74) is 0.531. The molecule has 0 radical (unpaired) electrons. The first-order chi connectivity index (χ1) is 10.5. The maximum atomic E-state index is 12.1. The molecule has 6 heteroatoms. The minimum atomic E-state index is -2.98. The molecule has 1 N–H and O–H groups in total. The largest absolute Gasteiger partial charge is 0.490 e. The van der Waals surface area contributed by atoms with Crippen molar-refractivity contribution < 1.29 is 17.9 Å². The van der Waals surface area contributed by atoms with Gasteiger partial charge in [-0.15, -0.1) is 0 Å². The summed E-state index contributed by atoms with van der Waals surface area (Å²) >= 11 is 0. The maximum Gasteiger partial charge on any atom is 0.251 e. The van der Waals surface area contributed by atoms with Gasteiger partial charge in [-0.2, -0.15) is 0 Å². The molecule has 120 valence electrons. The number of rotatable bonds is 4. The van der Waals surface area contributed by atoms with Crippen molar-refractivity contribution in [3.8, 4) is 5.75 Å². The van der Waals surface area contributed by atoms with Crippen LogP contribution in [0.2, 0.25) is 0 Å². The number of nitrogens with one attached hydrogen (secondary N) is 1. The summed E-state index contributed by atoms with van der Waals surface area (Å²) in [6.07, 6.45) is 5.42. The van der Waals surface area contributed by atoms with Crippen LogP contribution in [0.15, 0.2) is 24.3 Å². The lowest BCUT2D eigenvalue weighted by molar-refractivity contribution is 0.0941. The summed E-state index contributed by atoms with van der Waals surface area (Å²) in [6.45, 7) is 0. The van der Waals surface area contributed by atoms with Crippen LogP contribution in [0.3, 0.4) is 0 Å². The van der Waals surface area contributed by atoms with E-state index in [0.29, 0.717) is 18.1 Å². The van der Waals surface area contributed by atoms with Crippen LogP contribution in [0.5, 0.6) is 5.75 Å². The fourth-order valence-corrected chi connectivity index (χ4v) is 4.73. The number of hydrogen-bond donors (Lipinski definition) is 1. The molecule has 1 heterocycles. The number of benzene rings is 1. The molecule has 3 rings (SSSR count). The second-order valence-electron chi connectivity index (χ2n) is 6.12. The molecule has 1 unspecified atom stereocenters. The van der Waals surface area contributed by atoms with Crippen LogP contribution in [0.1, 0.15) is 42.5 Å². The van der Waals surface area contributed by atoms with Gasteiger partial charge in [-0.25, -0.2) is 8.42 Å². The molecule has 1 amide bonds. The smallest absolute Gasteiger partial charge is 0.251 e. The van der Waals surface area contributed by atoms with Crippen molar-refractivity contribution in [1.29, 1.82) is 0 Å². The zero-order valence-corrected chi connectivity index (χ0v) is 13.3. The Morgan fingerprint density at radius 2 is 1.77 bits per heavy atom. The quantitative estimate of drug-likeness (QED) is 0.919. The normalized spacial score (nSPS) is 24.3. The molecular formula is C16H21NO4S. The van der Waals surface area contributed by atoms with Crippen molar-refractivity contribution in [1.82, 2.24) is 5.32 Å². The number of sulfone groups is 1. The molecule has 1 aliphatic heterocycles. The molecule has 1 atom stereocenters. The van der Waals surface area contributed by atoms with Crippen molar-refractivity contribution in [3.63, 3.8) is 0 Å². The molecule has 0 spiro atoms. The van der Waals surface area contributed by atoms with Crippen LogP contribution in [0.25, 0.3) is 0 Å². The molecule has 1 aromatic carbocycles. The van der Waals surface area contributed by atoms with Gasteiger partial charge in [-0.1, -0.05) is 0 Å². The van der Waals surface area contributed by atoms with Gasteiger partial charge in [-0.05, 0) is 56.4 Å². The van der Waals surface area contributed by atoms with E-state index in [9.17, 15) is 13.2 Å². The number of amides is 1. The van der Waals surface area contributed by atoms with Gasteiger partial charge in [0.2, 0.25) is 0 Å². The van der Waals surface area contributed by atoms with E-state index in [-0.39, 0.29) is 23.5 Å². The Balaban J connectivity index is 1.56. The third kappa shape index (κ3) is 3.80. The van der Waals surface area contributed by atoms with Gasteiger partial charge in [0.15, 0.2) is 9.84 Å². The van der Waals surface area contributed by atoms with E-state index in [4.69, 9.17) is 4.74 Å². The highest BCUT2D eigenvalue weighted by Gasteiger charge is 2.29. The third-order valence-corrected chi connectivity index (χ3v) is 6.06. The summed E-state index contributed by atoms with van der Waals surface area (Å²) in [6, 6.07) is 6.79. The van der Waals surface area contributed by atoms with Crippen LogP contribution in [-0.4, -0.2) is 38.0 Å². The van der Waals surface area contributed by atoms with Crippen molar-refractivity contribution in [2.24, 2.45) is 0 Å². The molecule has 1 aromatic rings. The van der Waals surface area contributed by atoms with Gasteiger partial charge in [0.05, 0.1) is 17.6 Å². The highest BCUT2D eigenvalue weighted by atomic mass is 32.2. The van der Waals surface area contributed by atoms with Crippen LogP contribution < -0.4 is 10.1 Å². The molecule has 2 aliphatic rings. The van der Waals surface area contributed by atoms with E-state index in [1.807, 2.05) is 0 Å². The average Bonchev–Trinajstić information content (AvgIpc) is 3.09. The monoisotopic (exact) mass is 323 g/mol. The van der Waals surface area contributed by atoms with E-state index in [1.165, 1.54) is 12.8 Å². The fourth-order valence-electron chi connectivity index (χ4n) is 3.06. The Hall–Kier alpha value is -1.56. The Morgan fingerprint density at radius 3 is 2.36 bits per heavy atom. The molecule has 0 aromatic heterocycles. The van der Waals surface area contributed by atoms with Crippen LogP contribution in [-0.2, 0) is 9.84 Å². The van der Waals surface area contributed by atoms with Gasteiger partial charge < -0.3 is 10.1 Å². The summed E-state index contributed by atoms with van der Waals surface area (Å²) in [4.78, 5) is 12.1. The zero-order valence-electron chi connectivity index (χ0n) is 12.5. The van der Waals surface area contributed by atoms with Gasteiger partial charge in [0, 0.05) is 11.6 Å². The summed E-state index contributed by atoms with van der Waals surface area (Å²) in [5, 5.41) is 2.78. The van der Waals surface area contributed by atoms with Crippen LogP contribution >= 0.6 is 0 Å². The van der Waals surface area contributed by atoms with E-state index in [1.54, 1.807) is 24.3 Å². The second-order valence-corrected chi connectivity index (χ2v) is 8.35. The Labute approximate surface area is 131 Å². The summed E-state index contributed by atoms with van der Waals surface area (Å²) in [5.74, 6) is 0.759.